The Morgan fingerprint density at radius 2 is 1.71 bits per heavy atom. The highest BCUT2D eigenvalue weighted by Gasteiger charge is 2.73. The lowest BCUT2D eigenvalue weighted by atomic mass is 9.49. The zero-order valence-corrected chi connectivity index (χ0v) is 28.1. The van der Waals surface area contributed by atoms with Crippen LogP contribution in [0.4, 0.5) is 13.2 Å². The van der Waals surface area contributed by atoms with Crippen molar-refractivity contribution in [3.05, 3.63) is 28.8 Å². The third kappa shape index (κ3) is 6.38. The number of hydrogen-bond acceptors (Lipinski definition) is 13. The van der Waals surface area contributed by atoms with E-state index in [0.717, 1.165) is 12.0 Å². The van der Waals surface area contributed by atoms with E-state index in [4.69, 9.17) is 5.73 Å². The van der Waals surface area contributed by atoms with E-state index in [2.05, 4.69) is 4.74 Å². The van der Waals surface area contributed by atoms with Gasteiger partial charge in [0, 0.05) is 24.4 Å². The van der Waals surface area contributed by atoms with Crippen molar-refractivity contribution in [1.29, 1.82) is 0 Å². The van der Waals surface area contributed by atoms with Crippen LogP contribution in [-0.2, 0) is 40.0 Å². The molecule has 5 N–H and O–H groups in total. The van der Waals surface area contributed by atoms with Crippen LogP contribution in [0.5, 0.6) is 5.75 Å². The number of phenols is 1. The summed E-state index contributed by atoms with van der Waals surface area (Å²) >= 11 is 0. The molecule has 1 aromatic carbocycles. The molecule has 1 saturated heterocycles. The zero-order chi connectivity index (χ0) is 37.9. The van der Waals surface area contributed by atoms with E-state index in [-0.39, 0.29) is 62.0 Å². The van der Waals surface area contributed by atoms with Crippen LogP contribution in [-0.4, -0.2) is 124 Å². The number of aliphatic hydroxyl groups excluding tert-OH is 1. The Hall–Kier alpha value is -4.06. The molecule has 4 aliphatic rings. The van der Waals surface area contributed by atoms with Crippen molar-refractivity contribution < 1.29 is 66.8 Å². The van der Waals surface area contributed by atoms with E-state index in [1.807, 2.05) is 0 Å². The highest BCUT2D eigenvalue weighted by Crippen LogP contribution is 2.55. The van der Waals surface area contributed by atoms with Gasteiger partial charge in [-0.25, -0.2) is 0 Å². The number of hydrogen-bond donors (Lipinski definition) is 4. The number of carbonyl (C=O) groups excluding carboxylic acids is 7. The molecule has 278 valence electrons. The van der Waals surface area contributed by atoms with Gasteiger partial charge in [-0.3, -0.25) is 43.4 Å². The third-order valence-electron chi connectivity index (χ3n) is 11.2. The SMILES string of the molecule is COC(=O)CCC(=O)CN(C)[C@@H]1C(=O)C(C(N)=O)C(=O)[C@@]2(O)C(=O)C3C(=O)c4c(ccc(CN5CCC(C(F)(F)F)CC5)c4O)[C@H](C)[C@H]3[C@H](O)[C@@H]12. The Labute approximate surface area is 290 Å². The van der Waals surface area contributed by atoms with E-state index < -0.39 is 113 Å². The van der Waals surface area contributed by atoms with E-state index in [1.165, 1.54) is 19.2 Å². The van der Waals surface area contributed by atoms with Gasteiger partial charge in [-0.15, -0.1) is 0 Å². The molecule has 17 heteroatoms. The molecule has 1 heterocycles. The Kier molecular flexibility index (Phi) is 10.3. The molecular weight excluding hydrogens is 683 g/mol. The largest absolute Gasteiger partial charge is 0.507 e. The van der Waals surface area contributed by atoms with Gasteiger partial charge in [-0.2, -0.15) is 13.2 Å². The first-order valence-corrected chi connectivity index (χ1v) is 16.6. The molecule has 1 aromatic rings. The lowest BCUT2D eigenvalue weighted by Crippen LogP contribution is -2.78. The van der Waals surface area contributed by atoms with Crippen molar-refractivity contribution in [3.8, 4) is 5.75 Å². The molecule has 0 radical (unpaired) electrons. The number of alkyl halides is 3. The van der Waals surface area contributed by atoms with Crippen molar-refractivity contribution in [3.63, 3.8) is 0 Å². The molecule has 8 atom stereocenters. The second kappa shape index (κ2) is 13.8. The maximum Gasteiger partial charge on any atom is 0.391 e. The lowest BCUT2D eigenvalue weighted by Gasteiger charge is -2.56. The molecule has 3 fully saturated rings. The molecular formula is C34H40F3N3O11. The molecule has 0 aromatic heterocycles. The van der Waals surface area contributed by atoms with Gasteiger partial charge in [0.05, 0.1) is 55.5 Å². The average Bonchev–Trinajstić information content (AvgIpc) is 3.05. The molecule has 51 heavy (non-hydrogen) atoms. The number of benzene rings is 1. The number of likely N-dealkylation sites (N-methyl/N-ethyl adjacent to an activating group) is 1. The number of primary amides is 1. The first-order chi connectivity index (χ1) is 23.8. The quantitative estimate of drug-likeness (QED) is 0.196. The topological polar surface area (TPSA) is 222 Å². The smallest absolute Gasteiger partial charge is 0.391 e. The number of ketones is 5. The highest BCUT2D eigenvalue weighted by atomic mass is 19.4. The molecule has 0 bridgehead atoms. The second-order valence-electron chi connectivity index (χ2n) is 14.1. The second-order valence-corrected chi connectivity index (χ2v) is 14.1. The predicted molar refractivity (Wildman–Crippen MR) is 167 cm³/mol. The number of esters is 1. The molecule has 0 spiro atoms. The number of rotatable bonds is 9. The average molecular weight is 724 g/mol. The van der Waals surface area contributed by atoms with Gasteiger partial charge < -0.3 is 25.8 Å². The number of likely N-dealkylation sites (tertiary alicyclic amines) is 1. The van der Waals surface area contributed by atoms with Gasteiger partial charge in [0.1, 0.15) is 11.5 Å². The van der Waals surface area contributed by atoms with Gasteiger partial charge in [0.2, 0.25) is 5.91 Å². The summed E-state index contributed by atoms with van der Waals surface area (Å²) in [5, 5.41) is 35.3. The first-order valence-electron chi connectivity index (χ1n) is 16.6. The minimum absolute atomic E-state index is 0.0186. The lowest BCUT2D eigenvalue weighted by molar-refractivity contribution is -0.197. The maximum atomic E-state index is 14.4. The number of methoxy groups -OCH3 is 1. The summed E-state index contributed by atoms with van der Waals surface area (Å²) in [6.07, 6.45) is -7.18. The number of Topliss-reactive ketones (excluding diaryl/α,β-unsaturated/α-hetero) is 5. The predicted octanol–water partition coefficient (Wildman–Crippen LogP) is 0.0656. The number of nitrogens with two attached hydrogens (primary N) is 1. The van der Waals surface area contributed by atoms with Crippen LogP contribution >= 0.6 is 0 Å². The van der Waals surface area contributed by atoms with Crippen LogP contribution in [0.15, 0.2) is 12.1 Å². The number of aliphatic hydroxyl groups is 2. The highest BCUT2D eigenvalue weighted by molar-refractivity contribution is 6.32. The summed E-state index contributed by atoms with van der Waals surface area (Å²) < 4.78 is 44.1. The summed E-state index contributed by atoms with van der Waals surface area (Å²) in [5.74, 6) is -18.5. The van der Waals surface area contributed by atoms with Crippen molar-refractivity contribution in [1.82, 2.24) is 9.80 Å². The summed E-state index contributed by atoms with van der Waals surface area (Å²) in [5.41, 5.74) is 2.17. The molecule has 5 rings (SSSR count). The van der Waals surface area contributed by atoms with Gasteiger partial charge in [0.25, 0.3) is 0 Å². The van der Waals surface area contributed by atoms with E-state index in [9.17, 15) is 62.1 Å². The molecule has 2 saturated carbocycles. The number of carbonyl (C=O) groups is 7. The van der Waals surface area contributed by atoms with Crippen LogP contribution < -0.4 is 5.73 Å². The van der Waals surface area contributed by atoms with E-state index in [0.29, 0.717) is 0 Å². The van der Waals surface area contributed by atoms with E-state index in [1.54, 1.807) is 11.8 Å². The molecule has 2 unspecified atom stereocenters. The van der Waals surface area contributed by atoms with Crippen LogP contribution in [0, 0.1) is 29.6 Å². The number of phenolic OH excluding ortho intramolecular Hbond substituents is 1. The fraction of sp³-hybridized carbons (Fsp3) is 0.618. The molecule has 1 aliphatic heterocycles. The monoisotopic (exact) mass is 723 g/mol. The van der Waals surface area contributed by atoms with Crippen LogP contribution in [0.1, 0.15) is 60.0 Å². The molecule has 3 aliphatic carbocycles. The van der Waals surface area contributed by atoms with Gasteiger partial charge >= 0.3 is 12.1 Å². The normalized spacial score (nSPS) is 31.6. The number of fused-ring (bicyclic) bond motifs is 3. The fourth-order valence-corrected chi connectivity index (χ4v) is 8.53. The number of nitrogens with zero attached hydrogens (tertiary/aromatic N) is 2. The molecule has 14 nitrogen and oxygen atoms in total. The van der Waals surface area contributed by atoms with Crippen LogP contribution in [0.2, 0.25) is 0 Å². The third-order valence-corrected chi connectivity index (χ3v) is 11.2. The minimum Gasteiger partial charge on any atom is -0.507 e. The van der Waals surface area contributed by atoms with Gasteiger partial charge in [0.15, 0.2) is 34.7 Å². The summed E-state index contributed by atoms with van der Waals surface area (Å²) in [4.78, 5) is 95.5. The Balaban J connectivity index is 1.50. The number of piperidine rings is 1. The van der Waals surface area contributed by atoms with Crippen molar-refractivity contribution in [2.75, 3.05) is 33.8 Å². The van der Waals surface area contributed by atoms with E-state index >= 15 is 0 Å². The number of halogens is 3. The van der Waals surface area contributed by atoms with Gasteiger partial charge in [-0.05, 0) is 44.5 Å². The summed E-state index contributed by atoms with van der Waals surface area (Å²) in [7, 11) is 2.35. The zero-order valence-electron chi connectivity index (χ0n) is 28.1. The summed E-state index contributed by atoms with van der Waals surface area (Å²) in [6, 6.07) is 1.18. The Morgan fingerprint density at radius 1 is 1.08 bits per heavy atom. The van der Waals surface area contributed by atoms with Gasteiger partial charge in [-0.1, -0.05) is 19.1 Å². The molecule has 1 amide bonds. The minimum atomic E-state index is -4.33. The number of ether oxygens (including phenoxy) is 1. The van der Waals surface area contributed by atoms with Crippen molar-refractivity contribution >= 4 is 40.8 Å². The Morgan fingerprint density at radius 3 is 2.27 bits per heavy atom. The fourth-order valence-electron chi connectivity index (χ4n) is 8.53. The van der Waals surface area contributed by atoms with Crippen molar-refractivity contribution in [2.45, 2.75) is 69.0 Å². The van der Waals surface area contributed by atoms with Crippen molar-refractivity contribution in [2.24, 2.45) is 35.3 Å². The maximum absolute atomic E-state index is 14.4. The number of amides is 1. The summed E-state index contributed by atoms with van der Waals surface area (Å²) in [6.45, 7) is 1.09. The number of aromatic hydroxyl groups is 1. The van der Waals surface area contributed by atoms with Crippen LogP contribution in [0.25, 0.3) is 0 Å². The standard InChI is InChI=1S/C34H40F3N3O11/c1-14-18-6-4-15(12-40-10-8-16(9-11-40)34(35,36)37)26(43)21(18)27(44)22-20(14)28(45)24-25(39(2)13-17(41)5-7-19(42)51-3)29(46)23(32(38)49)31(48)33(24,50)30(22)47/h4,6,14,16,20,22-25,28,43,45,50H,5,7-13H2,1-3H3,(H2,38,49)/t14-,20+,22?,23?,24+,25-,28-,33-/m0/s1. The van der Waals surface area contributed by atoms with Crippen LogP contribution in [0.3, 0.4) is 0 Å². The Bertz CT molecular complexity index is 1670. The first kappa shape index (κ1) is 38.2.